The first-order valence-corrected chi connectivity index (χ1v) is 6.76. The average Bonchev–Trinajstić information content (AvgIpc) is 2.68. The number of rotatable bonds is 3. The molecule has 0 radical (unpaired) electrons. The highest BCUT2D eigenvalue weighted by molar-refractivity contribution is 5.89. The Labute approximate surface area is 117 Å². The molecule has 1 aromatic rings. The number of urea groups is 1. The van der Waals surface area contributed by atoms with Gasteiger partial charge in [0.05, 0.1) is 17.3 Å². The van der Waals surface area contributed by atoms with Crippen molar-refractivity contribution in [1.82, 2.24) is 15.1 Å². The Hall–Kier alpha value is -2.05. The highest BCUT2D eigenvalue weighted by atomic mass is 16.4. The molecule has 0 aromatic carbocycles. The SMILES string of the molecule is Cc1nn(C)cc1NC(=O)NC1CCC(C(=O)O)CC1. The van der Waals surface area contributed by atoms with E-state index in [1.807, 2.05) is 6.92 Å². The number of nitrogens with one attached hydrogen (secondary N) is 2. The zero-order chi connectivity index (χ0) is 14.7. The van der Waals surface area contributed by atoms with Crippen molar-refractivity contribution in [3.8, 4) is 0 Å². The number of hydrogen-bond acceptors (Lipinski definition) is 3. The first-order valence-electron chi connectivity index (χ1n) is 6.76. The number of anilines is 1. The third-order valence-electron chi connectivity index (χ3n) is 3.67. The van der Waals surface area contributed by atoms with Gasteiger partial charge in [-0.15, -0.1) is 0 Å². The van der Waals surface area contributed by atoms with Crippen LogP contribution in [0.25, 0.3) is 0 Å². The van der Waals surface area contributed by atoms with Crippen LogP contribution in [0.2, 0.25) is 0 Å². The van der Waals surface area contributed by atoms with Crippen molar-refractivity contribution in [2.75, 3.05) is 5.32 Å². The van der Waals surface area contributed by atoms with E-state index in [-0.39, 0.29) is 18.0 Å². The van der Waals surface area contributed by atoms with Gasteiger partial charge in [0, 0.05) is 19.3 Å². The molecule has 0 unspecified atom stereocenters. The van der Waals surface area contributed by atoms with Gasteiger partial charge in [0.15, 0.2) is 0 Å². The van der Waals surface area contributed by atoms with Crippen LogP contribution in [0, 0.1) is 12.8 Å². The third-order valence-corrected chi connectivity index (χ3v) is 3.67. The van der Waals surface area contributed by atoms with Crippen LogP contribution in [0.5, 0.6) is 0 Å². The van der Waals surface area contributed by atoms with Crippen molar-refractivity contribution in [2.24, 2.45) is 13.0 Å². The summed E-state index contributed by atoms with van der Waals surface area (Å²) in [6.07, 6.45) is 4.39. The van der Waals surface area contributed by atoms with Gasteiger partial charge in [0.1, 0.15) is 0 Å². The molecular formula is C13H20N4O3. The summed E-state index contributed by atoms with van der Waals surface area (Å²) in [6, 6.07) is -0.220. The average molecular weight is 280 g/mol. The molecule has 0 spiro atoms. The number of nitrogens with zero attached hydrogens (tertiary/aromatic N) is 2. The van der Waals surface area contributed by atoms with Crippen LogP contribution >= 0.6 is 0 Å². The topological polar surface area (TPSA) is 96.3 Å². The van der Waals surface area contributed by atoms with Crippen molar-refractivity contribution in [3.05, 3.63) is 11.9 Å². The van der Waals surface area contributed by atoms with Gasteiger partial charge in [-0.1, -0.05) is 0 Å². The predicted molar refractivity (Wildman–Crippen MR) is 73.5 cm³/mol. The van der Waals surface area contributed by atoms with Crippen LogP contribution < -0.4 is 10.6 Å². The second-order valence-electron chi connectivity index (χ2n) is 5.29. The summed E-state index contributed by atoms with van der Waals surface area (Å²) in [5, 5.41) is 18.7. The van der Waals surface area contributed by atoms with E-state index < -0.39 is 5.97 Å². The largest absolute Gasteiger partial charge is 0.481 e. The monoisotopic (exact) mass is 280 g/mol. The number of carbonyl (C=O) groups excluding carboxylic acids is 1. The summed E-state index contributed by atoms with van der Waals surface area (Å²) in [4.78, 5) is 22.7. The van der Waals surface area contributed by atoms with E-state index in [9.17, 15) is 9.59 Å². The van der Waals surface area contributed by atoms with Gasteiger partial charge in [0.25, 0.3) is 0 Å². The van der Waals surface area contributed by atoms with Crippen LogP contribution in [-0.2, 0) is 11.8 Å². The molecule has 0 bridgehead atoms. The Kier molecular flexibility index (Phi) is 4.26. The third kappa shape index (κ3) is 3.49. The molecule has 2 rings (SSSR count). The molecule has 7 heteroatoms. The fourth-order valence-electron chi connectivity index (χ4n) is 2.55. The fourth-order valence-corrected chi connectivity index (χ4v) is 2.55. The van der Waals surface area contributed by atoms with Crippen LogP contribution in [-0.4, -0.2) is 32.9 Å². The van der Waals surface area contributed by atoms with Crippen molar-refractivity contribution >= 4 is 17.7 Å². The molecule has 1 saturated carbocycles. The normalized spacial score (nSPS) is 22.3. The number of amides is 2. The van der Waals surface area contributed by atoms with Crippen LogP contribution in [0.1, 0.15) is 31.4 Å². The van der Waals surface area contributed by atoms with Crippen molar-refractivity contribution in [1.29, 1.82) is 0 Å². The van der Waals surface area contributed by atoms with E-state index in [0.717, 1.165) is 5.69 Å². The second-order valence-corrected chi connectivity index (χ2v) is 5.29. The van der Waals surface area contributed by atoms with Gasteiger partial charge >= 0.3 is 12.0 Å². The summed E-state index contributed by atoms with van der Waals surface area (Å²) in [5.74, 6) is -1.00. The number of carboxylic acids is 1. The lowest BCUT2D eigenvalue weighted by atomic mass is 9.86. The summed E-state index contributed by atoms with van der Waals surface area (Å²) in [7, 11) is 1.79. The maximum atomic E-state index is 11.9. The van der Waals surface area contributed by atoms with Crippen LogP contribution in [0.3, 0.4) is 0 Å². The van der Waals surface area contributed by atoms with Crippen molar-refractivity contribution in [2.45, 2.75) is 38.6 Å². The summed E-state index contributed by atoms with van der Waals surface area (Å²) in [6.45, 7) is 1.83. The van der Waals surface area contributed by atoms with Gasteiger partial charge in [0.2, 0.25) is 0 Å². The summed E-state index contributed by atoms with van der Waals surface area (Å²) < 4.78 is 1.64. The Morgan fingerprint density at radius 3 is 2.50 bits per heavy atom. The van der Waals surface area contributed by atoms with Gasteiger partial charge in [-0.3, -0.25) is 9.48 Å². The lowest BCUT2D eigenvalue weighted by Gasteiger charge is -2.26. The fraction of sp³-hybridized carbons (Fsp3) is 0.615. The molecule has 2 amide bonds. The second kappa shape index (κ2) is 5.94. The summed E-state index contributed by atoms with van der Waals surface area (Å²) >= 11 is 0. The minimum absolute atomic E-state index is 0.0441. The molecule has 1 aromatic heterocycles. The smallest absolute Gasteiger partial charge is 0.319 e. The standard InChI is InChI=1S/C13H20N4O3/c1-8-11(7-17(2)16-8)15-13(20)14-10-5-3-9(4-6-10)12(18)19/h7,9-10H,3-6H2,1-2H3,(H,18,19)(H2,14,15,20). The number of aliphatic carboxylic acids is 1. The van der Waals surface area contributed by atoms with Crippen molar-refractivity contribution in [3.63, 3.8) is 0 Å². The highest BCUT2D eigenvalue weighted by Crippen LogP contribution is 2.24. The minimum atomic E-state index is -0.737. The Bertz CT molecular complexity index is 504. The van der Waals surface area contributed by atoms with E-state index in [0.29, 0.717) is 31.4 Å². The van der Waals surface area contributed by atoms with Crippen molar-refractivity contribution < 1.29 is 14.7 Å². The zero-order valence-electron chi connectivity index (χ0n) is 11.7. The molecular weight excluding hydrogens is 260 g/mol. The molecule has 1 heterocycles. The van der Waals surface area contributed by atoms with Gasteiger partial charge in [-0.05, 0) is 32.6 Å². The van der Waals surface area contributed by atoms with Crippen LogP contribution in [0.15, 0.2) is 6.20 Å². The molecule has 0 atom stereocenters. The highest BCUT2D eigenvalue weighted by Gasteiger charge is 2.26. The van der Waals surface area contributed by atoms with Gasteiger partial charge in [-0.25, -0.2) is 4.79 Å². The lowest BCUT2D eigenvalue weighted by molar-refractivity contribution is -0.142. The molecule has 3 N–H and O–H groups in total. The van der Waals surface area contributed by atoms with Crippen LogP contribution in [0.4, 0.5) is 10.5 Å². The number of aryl methyl sites for hydroxylation is 2. The summed E-state index contributed by atoms with van der Waals surface area (Å²) in [5.41, 5.74) is 1.45. The Balaban J connectivity index is 1.81. The number of aromatic nitrogens is 2. The van der Waals surface area contributed by atoms with Gasteiger partial charge < -0.3 is 15.7 Å². The quantitative estimate of drug-likeness (QED) is 0.781. The zero-order valence-corrected chi connectivity index (χ0v) is 11.7. The number of carbonyl (C=O) groups is 2. The van der Waals surface area contributed by atoms with Gasteiger partial charge in [-0.2, -0.15) is 5.10 Å². The molecule has 110 valence electrons. The minimum Gasteiger partial charge on any atom is -0.481 e. The van der Waals surface area contributed by atoms with E-state index >= 15 is 0 Å². The molecule has 7 nitrogen and oxygen atoms in total. The predicted octanol–water partition coefficient (Wildman–Crippen LogP) is 1.49. The molecule has 20 heavy (non-hydrogen) atoms. The first kappa shape index (κ1) is 14.4. The van der Waals surface area contributed by atoms with E-state index in [1.165, 1.54) is 0 Å². The number of carboxylic acid groups (broad SMARTS) is 1. The first-order chi connectivity index (χ1) is 9.45. The van der Waals surface area contributed by atoms with E-state index in [1.54, 1.807) is 17.9 Å². The molecule has 1 aliphatic carbocycles. The maximum Gasteiger partial charge on any atom is 0.319 e. The van der Waals surface area contributed by atoms with E-state index in [4.69, 9.17) is 5.11 Å². The Morgan fingerprint density at radius 2 is 2.00 bits per heavy atom. The molecule has 1 fully saturated rings. The molecule has 1 aliphatic rings. The Morgan fingerprint density at radius 1 is 1.35 bits per heavy atom. The lowest BCUT2D eigenvalue weighted by Crippen LogP contribution is -2.41. The maximum absolute atomic E-state index is 11.9. The van der Waals surface area contributed by atoms with E-state index in [2.05, 4.69) is 15.7 Å². The molecule has 0 aliphatic heterocycles. The molecule has 0 saturated heterocycles. The number of hydrogen-bond donors (Lipinski definition) is 3.